The third-order valence-electron chi connectivity index (χ3n) is 3.69. The van der Waals surface area contributed by atoms with Gasteiger partial charge in [-0.05, 0) is 36.2 Å². The van der Waals surface area contributed by atoms with Crippen LogP contribution >= 0.6 is 0 Å². The molecule has 0 amide bonds. The average molecular weight is 337 g/mol. The van der Waals surface area contributed by atoms with Crippen LogP contribution in [0, 0.1) is 12.8 Å². The summed E-state index contributed by atoms with van der Waals surface area (Å²) in [5, 5.41) is 7.78. The number of carbonyl (C=O) groups excluding carboxylic acids is 1. The number of rotatable bonds is 5. The molecule has 0 N–H and O–H groups in total. The van der Waals surface area contributed by atoms with E-state index in [2.05, 4.69) is 15.2 Å². The molecule has 3 aromatic rings. The fourth-order valence-electron chi connectivity index (χ4n) is 2.46. The maximum atomic E-state index is 12.6. The van der Waals surface area contributed by atoms with Crippen LogP contribution in [0.1, 0.15) is 41.9 Å². The minimum atomic E-state index is -0.414. The number of hydrogen-bond acceptors (Lipinski definition) is 6. The summed E-state index contributed by atoms with van der Waals surface area (Å²) < 4.78 is 11.1. The number of carbonyl (C=O) groups is 1. The Morgan fingerprint density at radius 2 is 1.96 bits per heavy atom. The summed E-state index contributed by atoms with van der Waals surface area (Å²) in [5.74, 6) is 0.526. The smallest absolute Gasteiger partial charge is 0.338 e. The molecule has 0 aliphatic heterocycles. The van der Waals surface area contributed by atoms with E-state index in [0.717, 1.165) is 5.69 Å². The molecule has 3 rings (SSSR count). The Morgan fingerprint density at radius 1 is 1.12 bits per heavy atom. The maximum absolute atomic E-state index is 12.6. The fourth-order valence-corrected chi connectivity index (χ4v) is 2.46. The van der Waals surface area contributed by atoms with Gasteiger partial charge in [0.05, 0.1) is 11.3 Å². The van der Waals surface area contributed by atoms with E-state index in [-0.39, 0.29) is 5.92 Å². The van der Waals surface area contributed by atoms with E-state index >= 15 is 0 Å². The molecule has 25 heavy (non-hydrogen) atoms. The topological polar surface area (TPSA) is 78.1 Å². The SMILES string of the molecule is Cc1nnc(-c2cccc(C(=O)O[C@@H](c3ccccn3)C(C)C)c2)o1. The van der Waals surface area contributed by atoms with Gasteiger partial charge in [0.25, 0.3) is 0 Å². The molecule has 0 bridgehead atoms. The Morgan fingerprint density at radius 3 is 2.60 bits per heavy atom. The summed E-state index contributed by atoms with van der Waals surface area (Å²) in [6, 6.07) is 12.5. The molecular weight excluding hydrogens is 318 g/mol. The lowest BCUT2D eigenvalue weighted by molar-refractivity contribution is 0.0164. The van der Waals surface area contributed by atoms with Crippen LogP contribution in [-0.4, -0.2) is 21.2 Å². The van der Waals surface area contributed by atoms with Crippen molar-refractivity contribution < 1.29 is 13.9 Å². The first-order valence-corrected chi connectivity index (χ1v) is 8.07. The molecular formula is C19H19N3O3. The fraction of sp³-hybridized carbons (Fsp3) is 0.263. The zero-order chi connectivity index (χ0) is 17.8. The molecule has 128 valence electrons. The third kappa shape index (κ3) is 3.91. The number of pyridine rings is 1. The molecule has 1 atom stereocenters. The summed E-state index contributed by atoms with van der Waals surface area (Å²) in [7, 11) is 0. The van der Waals surface area contributed by atoms with Crippen LogP contribution in [0.4, 0.5) is 0 Å². The van der Waals surface area contributed by atoms with E-state index < -0.39 is 12.1 Å². The molecule has 0 aliphatic carbocycles. The molecule has 0 saturated carbocycles. The summed E-state index contributed by atoms with van der Waals surface area (Å²) >= 11 is 0. The second-order valence-electron chi connectivity index (χ2n) is 6.03. The van der Waals surface area contributed by atoms with E-state index in [1.165, 1.54) is 0 Å². The van der Waals surface area contributed by atoms with Crippen molar-refractivity contribution in [1.82, 2.24) is 15.2 Å². The number of hydrogen-bond donors (Lipinski definition) is 0. The quantitative estimate of drug-likeness (QED) is 0.655. The van der Waals surface area contributed by atoms with Gasteiger partial charge < -0.3 is 9.15 Å². The summed E-state index contributed by atoms with van der Waals surface area (Å²) in [6.45, 7) is 5.70. The Hall–Kier alpha value is -3.02. The molecule has 2 heterocycles. The van der Waals surface area contributed by atoms with Gasteiger partial charge in [0, 0.05) is 18.7 Å². The van der Waals surface area contributed by atoms with Crippen molar-refractivity contribution in [1.29, 1.82) is 0 Å². The van der Waals surface area contributed by atoms with E-state index in [1.807, 2.05) is 38.1 Å². The van der Waals surface area contributed by atoms with Crippen LogP contribution in [0.15, 0.2) is 53.1 Å². The van der Waals surface area contributed by atoms with E-state index in [9.17, 15) is 4.79 Å². The van der Waals surface area contributed by atoms with Crippen molar-refractivity contribution in [3.05, 3.63) is 65.8 Å². The van der Waals surface area contributed by atoms with Gasteiger partial charge in [0.1, 0.15) is 6.10 Å². The molecule has 0 aliphatic rings. The first-order valence-electron chi connectivity index (χ1n) is 8.07. The van der Waals surface area contributed by atoms with Gasteiger partial charge in [-0.2, -0.15) is 0 Å². The monoisotopic (exact) mass is 337 g/mol. The Kier molecular flexibility index (Phi) is 4.88. The van der Waals surface area contributed by atoms with Crippen molar-refractivity contribution in [2.24, 2.45) is 5.92 Å². The molecule has 0 radical (unpaired) electrons. The van der Waals surface area contributed by atoms with E-state index in [1.54, 1.807) is 31.3 Å². The van der Waals surface area contributed by atoms with Crippen LogP contribution in [0.3, 0.4) is 0 Å². The van der Waals surface area contributed by atoms with Crippen LogP contribution in [0.25, 0.3) is 11.5 Å². The number of aromatic nitrogens is 3. The normalized spacial score (nSPS) is 12.2. The zero-order valence-electron chi connectivity index (χ0n) is 14.3. The van der Waals surface area contributed by atoms with Crippen molar-refractivity contribution in [2.75, 3.05) is 0 Å². The molecule has 0 fully saturated rings. The van der Waals surface area contributed by atoms with Crippen molar-refractivity contribution >= 4 is 5.97 Å². The largest absolute Gasteiger partial charge is 0.452 e. The van der Waals surface area contributed by atoms with E-state index in [0.29, 0.717) is 22.9 Å². The lowest BCUT2D eigenvalue weighted by Crippen LogP contribution is -2.17. The summed E-state index contributed by atoms with van der Waals surface area (Å²) in [4.78, 5) is 16.9. The van der Waals surface area contributed by atoms with Crippen LogP contribution in [0.5, 0.6) is 0 Å². The van der Waals surface area contributed by atoms with Crippen LogP contribution in [-0.2, 0) is 4.74 Å². The highest BCUT2D eigenvalue weighted by molar-refractivity contribution is 5.90. The number of esters is 1. The highest BCUT2D eigenvalue weighted by Gasteiger charge is 2.23. The molecule has 0 saturated heterocycles. The third-order valence-corrected chi connectivity index (χ3v) is 3.69. The molecule has 2 aromatic heterocycles. The number of benzene rings is 1. The average Bonchev–Trinajstić information content (AvgIpc) is 3.06. The highest BCUT2D eigenvalue weighted by atomic mass is 16.5. The Balaban J connectivity index is 1.83. The van der Waals surface area contributed by atoms with Crippen molar-refractivity contribution in [3.8, 4) is 11.5 Å². The Bertz CT molecular complexity index is 859. The van der Waals surface area contributed by atoms with Gasteiger partial charge in [-0.15, -0.1) is 10.2 Å². The van der Waals surface area contributed by atoms with Gasteiger partial charge in [-0.25, -0.2) is 4.79 Å². The second-order valence-corrected chi connectivity index (χ2v) is 6.03. The second kappa shape index (κ2) is 7.25. The zero-order valence-corrected chi connectivity index (χ0v) is 14.3. The summed E-state index contributed by atoms with van der Waals surface area (Å²) in [6.07, 6.45) is 1.28. The molecule has 1 aromatic carbocycles. The molecule has 6 nitrogen and oxygen atoms in total. The summed E-state index contributed by atoms with van der Waals surface area (Å²) in [5.41, 5.74) is 1.83. The van der Waals surface area contributed by atoms with Crippen LogP contribution in [0.2, 0.25) is 0 Å². The Labute approximate surface area is 145 Å². The lowest BCUT2D eigenvalue weighted by Gasteiger charge is -2.21. The van der Waals surface area contributed by atoms with E-state index in [4.69, 9.17) is 9.15 Å². The standard InChI is InChI=1S/C19H19N3O3/c1-12(2)17(16-9-4-5-10-20-16)25-19(23)15-8-6-7-14(11-15)18-22-21-13(3)24-18/h4-12,17H,1-3H3/t17-/m1/s1. The van der Waals surface area contributed by atoms with Gasteiger partial charge in [-0.3, -0.25) is 4.98 Å². The van der Waals surface area contributed by atoms with Crippen molar-refractivity contribution in [3.63, 3.8) is 0 Å². The van der Waals surface area contributed by atoms with Gasteiger partial charge >= 0.3 is 5.97 Å². The predicted molar refractivity (Wildman–Crippen MR) is 91.7 cm³/mol. The van der Waals surface area contributed by atoms with Crippen LogP contribution < -0.4 is 0 Å². The minimum Gasteiger partial charge on any atom is -0.452 e. The molecule has 0 spiro atoms. The first-order chi connectivity index (χ1) is 12.0. The molecule has 6 heteroatoms. The maximum Gasteiger partial charge on any atom is 0.338 e. The number of aryl methyl sites for hydroxylation is 1. The van der Waals surface area contributed by atoms with Gasteiger partial charge in [-0.1, -0.05) is 26.0 Å². The number of nitrogens with zero attached hydrogens (tertiary/aromatic N) is 3. The first kappa shape index (κ1) is 16.8. The van der Waals surface area contributed by atoms with Gasteiger partial charge in [0.2, 0.25) is 11.8 Å². The molecule has 0 unspecified atom stereocenters. The highest BCUT2D eigenvalue weighted by Crippen LogP contribution is 2.26. The number of ether oxygens (including phenoxy) is 1. The lowest BCUT2D eigenvalue weighted by atomic mass is 10.0. The minimum absolute atomic E-state index is 0.0978. The predicted octanol–water partition coefficient (Wildman–Crippen LogP) is 3.99. The van der Waals surface area contributed by atoms with Gasteiger partial charge in [0.15, 0.2) is 0 Å². The van der Waals surface area contributed by atoms with Crippen molar-refractivity contribution in [2.45, 2.75) is 26.9 Å².